The molecule has 1 aromatic heterocycles. The van der Waals surface area contributed by atoms with Crippen LogP contribution in [0.2, 0.25) is 5.02 Å². The normalized spacial score (nSPS) is 13.4. The van der Waals surface area contributed by atoms with Crippen molar-refractivity contribution in [2.75, 3.05) is 5.32 Å². The number of carbonyl (C=O) groups excluding carboxylic acids is 1. The summed E-state index contributed by atoms with van der Waals surface area (Å²) in [6.07, 6.45) is 1.06. The first-order valence-electron chi connectivity index (χ1n) is 6.83. The lowest BCUT2D eigenvalue weighted by Crippen LogP contribution is -2.31. The number of anilines is 1. The molecular formula is C15H20ClN3OS. The molecule has 0 aliphatic carbocycles. The highest BCUT2D eigenvalue weighted by Gasteiger charge is 2.19. The Morgan fingerprint density at radius 2 is 2.19 bits per heavy atom. The third kappa shape index (κ3) is 4.40. The van der Waals surface area contributed by atoms with E-state index in [9.17, 15) is 4.79 Å². The van der Waals surface area contributed by atoms with Crippen LogP contribution in [0.4, 0.5) is 5.69 Å². The van der Waals surface area contributed by atoms with Crippen LogP contribution >= 0.6 is 22.9 Å². The van der Waals surface area contributed by atoms with E-state index < -0.39 is 0 Å². The highest BCUT2D eigenvalue weighted by atomic mass is 35.5. The van der Waals surface area contributed by atoms with Crippen LogP contribution in [0.15, 0.2) is 17.6 Å². The van der Waals surface area contributed by atoms with Crippen LogP contribution in [0, 0.1) is 5.41 Å². The maximum atomic E-state index is 12.2. The SMILES string of the molecule is CC(C)(C)CC(N)CC(=O)Nc1c(Cl)ccc2scnc12. The fourth-order valence-corrected chi connectivity index (χ4v) is 3.20. The number of amides is 1. The molecule has 0 radical (unpaired) electrons. The molecule has 1 unspecified atom stereocenters. The quantitative estimate of drug-likeness (QED) is 0.891. The molecule has 2 aromatic rings. The molecule has 21 heavy (non-hydrogen) atoms. The van der Waals surface area contributed by atoms with Crippen molar-refractivity contribution in [1.29, 1.82) is 0 Å². The van der Waals surface area contributed by atoms with Crippen molar-refractivity contribution in [3.8, 4) is 0 Å². The third-order valence-corrected chi connectivity index (χ3v) is 4.15. The molecular weight excluding hydrogens is 306 g/mol. The molecule has 1 aromatic carbocycles. The average Bonchev–Trinajstić information content (AvgIpc) is 2.78. The molecule has 114 valence electrons. The van der Waals surface area contributed by atoms with E-state index in [0.717, 1.165) is 16.6 Å². The summed E-state index contributed by atoms with van der Waals surface area (Å²) >= 11 is 7.68. The highest BCUT2D eigenvalue weighted by molar-refractivity contribution is 7.16. The van der Waals surface area contributed by atoms with Gasteiger partial charge in [-0.05, 0) is 24.0 Å². The molecule has 0 fully saturated rings. The van der Waals surface area contributed by atoms with Gasteiger partial charge in [0.05, 0.1) is 20.9 Å². The number of nitrogens with zero attached hydrogens (tertiary/aromatic N) is 1. The van der Waals surface area contributed by atoms with E-state index >= 15 is 0 Å². The molecule has 6 heteroatoms. The first-order chi connectivity index (χ1) is 9.76. The zero-order valence-corrected chi connectivity index (χ0v) is 14.0. The lowest BCUT2D eigenvalue weighted by molar-refractivity contribution is -0.116. The summed E-state index contributed by atoms with van der Waals surface area (Å²) < 4.78 is 0.994. The lowest BCUT2D eigenvalue weighted by Gasteiger charge is -2.22. The Bertz CT molecular complexity index is 648. The maximum Gasteiger partial charge on any atom is 0.226 e. The predicted molar refractivity (Wildman–Crippen MR) is 89.9 cm³/mol. The van der Waals surface area contributed by atoms with Crippen molar-refractivity contribution < 1.29 is 4.79 Å². The van der Waals surface area contributed by atoms with E-state index in [1.807, 2.05) is 6.07 Å². The van der Waals surface area contributed by atoms with Crippen LogP contribution in [0.5, 0.6) is 0 Å². The summed E-state index contributed by atoms with van der Waals surface area (Å²) in [6, 6.07) is 3.50. The van der Waals surface area contributed by atoms with Crippen molar-refractivity contribution in [3.05, 3.63) is 22.7 Å². The van der Waals surface area contributed by atoms with Gasteiger partial charge in [-0.2, -0.15) is 0 Å². The molecule has 1 heterocycles. The number of nitrogens with two attached hydrogens (primary N) is 1. The van der Waals surface area contributed by atoms with Crippen LogP contribution in [-0.4, -0.2) is 16.9 Å². The molecule has 2 rings (SSSR count). The number of rotatable bonds is 4. The van der Waals surface area contributed by atoms with Crippen molar-refractivity contribution in [2.45, 2.75) is 39.7 Å². The van der Waals surface area contributed by atoms with E-state index in [1.54, 1.807) is 11.6 Å². The second kappa shape index (κ2) is 6.30. The van der Waals surface area contributed by atoms with Gasteiger partial charge in [-0.15, -0.1) is 11.3 Å². The zero-order valence-electron chi connectivity index (χ0n) is 12.4. The maximum absolute atomic E-state index is 12.2. The number of aromatic nitrogens is 1. The fourth-order valence-electron chi connectivity index (χ4n) is 2.31. The predicted octanol–water partition coefficient (Wildman–Crippen LogP) is 4.04. The minimum atomic E-state index is -0.168. The molecule has 0 aliphatic rings. The van der Waals surface area contributed by atoms with E-state index in [0.29, 0.717) is 10.7 Å². The van der Waals surface area contributed by atoms with Gasteiger partial charge in [0.2, 0.25) is 5.91 Å². The van der Waals surface area contributed by atoms with E-state index in [-0.39, 0.29) is 23.8 Å². The van der Waals surface area contributed by atoms with Crippen LogP contribution in [-0.2, 0) is 4.79 Å². The Labute approximate surface area is 133 Å². The summed E-state index contributed by atoms with van der Waals surface area (Å²) in [4.78, 5) is 16.4. The van der Waals surface area contributed by atoms with E-state index in [2.05, 4.69) is 31.1 Å². The monoisotopic (exact) mass is 325 g/mol. The molecule has 1 atom stereocenters. The summed E-state index contributed by atoms with van der Waals surface area (Å²) in [7, 11) is 0. The molecule has 0 aliphatic heterocycles. The first kappa shape index (κ1) is 16.2. The molecule has 0 saturated heterocycles. The summed E-state index contributed by atoms with van der Waals surface area (Å²) in [5.74, 6) is -0.130. The molecule has 0 spiro atoms. The second-order valence-corrected chi connectivity index (χ2v) is 7.69. The fraction of sp³-hybridized carbons (Fsp3) is 0.467. The Morgan fingerprint density at radius 3 is 2.86 bits per heavy atom. The Balaban J connectivity index is 2.08. The second-order valence-electron chi connectivity index (χ2n) is 6.40. The minimum Gasteiger partial charge on any atom is -0.327 e. The van der Waals surface area contributed by atoms with Crippen LogP contribution in [0.1, 0.15) is 33.6 Å². The van der Waals surface area contributed by atoms with Crippen LogP contribution < -0.4 is 11.1 Å². The van der Waals surface area contributed by atoms with Crippen molar-refractivity contribution in [3.63, 3.8) is 0 Å². The lowest BCUT2D eigenvalue weighted by atomic mass is 9.87. The van der Waals surface area contributed by atoms with Crippen molar-refractivity contribution in [2.24, 2.45) is 11.1 Å². The van der Waals surface area contributed by atoms with Gasteiger partial charge in [-0.1, -0.05) is 32.4 Å². The molecule has 0 bridgehead atoms. The van der Waals surface area contributed by atoms with Gasteiger partial charge in [0.1, 0.15) is 5.52 Å². The smallest absolute Gasteiger partial charge is 0.226 e. The minimum absolute atomic E-state index is 0.103. The third-order valence-electron chi connectivity index (χ3n) is 3.04. The van der Waals surface area contributed by atoms with Gasteiger partial charge >= 0.3 is 0 Å². The number of carbonyl (C=O) groups is 1. The number of thiazole rings is 1. The number of hydrogen-bond acceptors (Lipinski definition) is 4. The van der Waals surface area contributed by atoms with Gasteiger partial charge in [-0.25, -0.2) is 4.98 Å². The highest BCUT2D eigenvalue weighted by Crippen LogP contribution is 2.32. The molecule has 3 N–H and O–H groups in total. The Kier molecular flexibility index (Phi) is 4.86. The van der Waals surface area contributed by atoms with Crippen molar-refractivity contribution in [1.82, 2.24) is 4.98 Å². The zero-order chi connectivity index (χ0) is 15.6. The average molecular weight is 326 g/mol. The Hall–Kier alpha value is -1.17. The number of fused-ring (bicyclic) bond motifs is 1. The van der Waals surface area contributed by atoms with Gasteiger partial charge in [0.15, 0.2) is 0 Å². The van der Waals surface area contributed by atoms with E-state index in [4.69, 9.17) is 17.3 Å². The standard InChI is InChI=1S/C15H20ClN3OS/c1-15(2,3)7-9(17)6-12(20)19-13-10(16)4-5-11-14(13)18-8-21-11/h4-5,8-9H,6-7,17H2,1-3H3,(H,19,20). The summed E-state index contributed by atoms with van der Waals surface area (Å²) in [5, 5.41) is 3.34. The largest absolute Gasteiger partial charge is 0.327 e. The molecule has 4 nitrogen and oxygen atoms in total. The van der Waals surface area contributed by atoms with Gasteiger partial charge in [0.25, 0.3) is 0 Å². The number of halogens is 1. The topological polar surface area (TPSA) is 68.0 Å². The van der Waals surface area contributed by atoms with Gasteiger partial charge in [0, 0.05) is 12.5 Å². The summed E-state index contributed by atoms with van der Waals surface area (Å²) in [6.45, 7) is 6.33. The van der Waals surface area contributed by atoms with Crippen LogP contribution in [0.3, 0.4) is 0 Å². The number of hydrogen-bond donors (Lipinski definition) is 2. The van der Waals surface area contributed by atoms with Crippen molar-refractivity contribution >= 4 is 44.7 Å². The van der Waals surface area contributed by atoms with E-state index in [1.165, 1.54) is 11.3 Å². The first-order valence-corrected chi connectivity index (χ1v) is 8.09. The Morgan fingerprint density at radius 1 is 1.48 bits per heavy atom. The number of benzene rings is 1. The molecule has 1 amide bonds. The van der Waals surface area contributed by atoms with Crippen LogP contribution in [0.25, 0.3) is 10.2 Å². The van der Waals surface area contributed by atoms with Gasteiger partial charge in [-0.3, -0.25) is 4.79 Å². The van der Waals surface area contributed by atoms with Gasteiger partial charge < -0.3 is 11.1 Å². The molecule has 0 saturated carbocycles. The summed E-state index contributed by atoms with van der Waals surface area (Å²) in [5.41, 5.74) is 9.18. The number of nitrogens with one attached hydrogen (secondary N) is 1.